The van der Waals surface area contributed by atoms with Gasteiger partial charge in [0.1, 0.15) is 0 Å². The molecule has 2 rings (SSSR count). The lowest BCUT2D eigenvalue weighted by atomic mass is 9.85. The predicted octanol–water partition coefficient (Wildman–Crippen LogP) is 3.79. The molecule has 0 bridgehead atoms. The van der Waals surface area contributed by atoms with Crippen molar-refractivity contribution >= 4 is 11.6 Å². The lowest BCUT2D eigenvalue weighted by molar-refractivity contribution is 0.334. The van der Waals surface area contributed by atoms with Crippen LogP contribution in [0, 0.1) is 5.41 Å². The van der Waals surface area contributed by atoms with Crippen molar-refractivity contribution in [2.75, 3.05) is 0 Å². The van der Waals surface area contributed by atoms with Crippen LogP contribution >= 0.6 is 11.6 Å². The lowest BCUT2D eigenvalue weighted by Gasteiger charge is -2.26. The Labute approximate surface area is 103 Å². The van der Waals surface area contributed by atoms with Crippen molar-refractivity contribution in [3.05, 3.63) is 34.9 Å². The molecule has 1 aromatic carbocycles. The summed E-state index contributed by atoms with van der Waals surface area (Å²) in [7, 11) is 0. The summed E-state index contributed by atoms with van der Waals surface area (Å²) in [5.74, 6) is 0. The number of hydrogen-bond acceptors (Lipinski definition) is 1. The third kappa shape index (κ3) is 2.78. The Morgan fingerprint density at radius 1 is 1.31 bits per heavy atom. The van der Waals surface area contributed by atoms with Gasteiger partial charge in [-0.05, 0) is 48.8 Å². The van der Waals surface area contributed by atoms with Crippen molar-refractivity contribution < 1.29 is 0 Å². The molecule has 0 heterocycles. The van der Waals surface area contributed by atoms with E-state index in [4.69, 9.17) is 17.3 Å². The minimum atomic E-state index is -0.0335. The van der Waals surface area contributed by atoms with Crippen LogP contribution in [0.3, 0.4) is 0 Å². The molecule has 0 radical (unpaired) electrons. The lowest BCUT2D eigenvalue weighted by Crippen LogP contribution is -2.40. The monoisotopic (exact) mass is 237 g/mol. The highest BCUT2D eigenvalue weighted by Gasteiger charge is 2.40. The fourth-order valence-corrected chi connectivity index (χ4v) is 3.13. The largest absolute Gasteiger partial charge is 0.325 e. The van der Waals surface area contributed by atoms with Gasteiger partial charge in [-0.3, -0.25) is 0 Å². The van der Waals surface area contributed by atoms with Gasteiger partial charge >= 0.3 is 0 Å². The standard InChI is InChI=1S/C14H20ClN/c1-13(2)6-7-14(16,10-13)9-11-4-3-5-12(15)8-11/h3-5,8H,6-7,9-10,16H2,1-2H3. The SMILES string of the molecule is CC1(C)CCC(N)(Cc2cccc(Cl)c2)C1. The normalized spacial score (nSPS) is 28.2. The highest BCUT2D eigenvalue weighted by Crippen LogP contribution is 2.43. The first-order valence-electron chi connectivity index (χ1n) is 5.92. The van der Waals surface area contributed by atoms with Crippen LogP contribution in [-0.4, -0.2) is 5.54 Å². The topological polar surface area (TPSA) is 26.0 Å². The summed E-state index contributed by atoms with van der Waals surface area (Å²) in [5.41, 5.74) is 8.09. The Morgan fingerprint density at radius 2 is 2.06 bits per heavy atom. The number of nitrogens with two attached hydrogens (primary N) is 1. The molecular weight excluding hydrogens is 218 g/mol. The van der Waals surface area contributed by atoms with Crippen LogP contribution in [0.5, 0.6) is 0 Å². The molecule has 88 valence electrons. The quantitative estimate of drug-likeness (QED) is 0.832. The zero-order valence-corrected chi connectivity index (χ0v) is 10.8. The van der Waals surface area contributed by atoms with Gasteiger partial charge in [0.15, 0.2) is 0 Å². The van der Waals surface area contributed by atoms with Gasteiger partial charge in [0, 0.05) is 10.6 Å². The summed E-state index contributed by atoms with van der Waals surface area (Å²) in [4.78, 5) is 0. The first-order valence-corrected chi connectivity index (χ1v) is 6.30. The van der Waals surface area contributed by atoms with E-state index in [0.29, 0.717) is 5.41 Å². The van der Waals surface area contributed by atoms with E-state index in [2.05, 4.69) is 19.9 Å². The molecule has 2 N–H and O–H groups in total. The summed E-state index contributed by atoms with van der Waals surface area (Å²) in [6.07, 6.45) is 4.39. The minimum absolute atomic E-state index is 0.0335. The number of rotatable bonds is 2. The smallest absolute Gasteiger partial charge is 0.0408 e. The van der Waals surface area contributed by atoms with Crippen LogP contribution in [0.2, 0.25) is 5.02 Å². The van der Waals surface area contributed by atoms with E-state index in [1.54, 1.807) is 0 Å². The van der Waals surface area contributed by atoms with Crippen LogP contribution in [0.1, 0.15) is 38.7 Å². The van der Waals surface area contributed by atoms with Gasteiger partial charge in [0.25, 0.3) is 0 Å². The second-order valence-electron chi connectivity index (χ2n) is 6.01. The maximum atomic E-state index is 6.47. The zero-order valence-electron chi connectivity index (χ0n) is 10.1. The predicted molar refractivity (Wildman–Crippen MR) is 69.7 cm³/mol. The van der Waals surface area contributed by atoms with Crippen LogP contribution in [0.15, 0.2) is 24.3 Å². The third-order valence-electron chi connectivity index (χ3n) is 3.58. The Morgan fingerprint density at radius 3 is 2.62 bits per heavy atom. The van der Waals surface area contributed by atoms with E-state index in [1.165, 1.54) is 12.0 Å². The van der Waals surface area contributed by atoms with Crippen molar-refractivity contribution in [2.45, 2.75) is 45.1 Å². The van der Waals surface area contributed by atoms with Crippen LogP contribution in [-0.2, 0) is 6.42 Å². The molecule has 0 aromatic heterocycles. The molecule has 0 saturated heterocycles. The Balaban J connectivity index is 2.10. The minimum Gasteiger partial charge on any atom is -0.325 e. The molecule has 1 fully saturated rings. The highest BCUT2D eigenvalue weighted by molar-refractivity contribution is 6.30. The highest BCUT2D eigenvalue weighted by atomic mass is 35.5. The zero-order chi connectivity index (χ0) is 11.8. The number of benzene rings is 1. The van der Waals surface area contributed by atoms with Gasteiger partial charge in [0.05, 0.1) is 0 Å². The first kappa shape index (κ1) is 11.9. The fraction of sp³-hybridized carbons (Fsp3) is 0.571. The van der Waals surface area contributed by atoms with E-state index in [9.17, 15) is 0 Å². The van der Waals surface area contributed by atoms with Crippen molar-refractivity contribution in [3.63, 3.8) is 0 Å². The van der Waals surface area contributed by atoms with Gasteiger partial charge in [-0.2, -0.15) is 0 Å². The molecule has 1 unspecified atom stereocenters. The van der Waals surface area contributed by atoms with Crippen molar-refractivity contribution in [3.8, 4) is 0 Å². The summed E-state index contributed by atoms with van der Waals surface area (Å²) in [5, 5.41) is 0.804. The van der Waals surface area contributed by atoms with E-state index >= 15 is 0 Å². The molecule has 2 heteroatoms. The van der Waals surface area contributed by atoms with E-state index in [-0.39, 0.29) is 5.54 Å². The number of halogens is 1. The van der Waals surface area contributed by atoms with Gasteiger partial charge in [-0.15, -0.1) is 0 Å². The first-order chi connectivity index (χ1) is 7.39. The van der Waals surface area contributed by atoms with E-state index in [0.717, 1.165) is 24.3 Å². The van der Waals surface area contributed by atoms with E-state index in [1.807, 2.05) is 18.2 Å². The average molecular weight is 238 g/mol. The van der Waals surface area contributed by atoms with Crippen molar-refractivity contribution in [2.24, 2.45) is 11.1 Å². The summed E-state index contributed by atoms with van der Waals surface area (Å²) in [6.45, 7) is 4.61. The van der Waals surface area contributed by atoms with Gasteiger partial charge in [0.2, 0.25) is 0 Å². The summed E-state index contributed by atoms with van der Waals surface area (Å²) < 4.78 is 0. The molecule has 16 heavy (non-hydrogen) atoms. The molecule has 1 aliphatic rings. The van der Waals surface area contributed by atoms with Crippen molar-refractivity contribution in [1.82, 2.24) is 0 Å². The Kier molecular flexibility index (Phi) is 3.02. The molecule has 1 nitrogen and oxygen atoms in total. The van der Waals surface area contributed by atoms with Crippen LogP contribution in [0.25, 0.3) is 0 Å². The molecule has 0 spiro atoms. The summed E-state index contributed by atoms with van der Waals surface area (Å²) >= 11 is 5.99. The molecule has 0 amide bonds. The van der Waals surface area contributed by atoms with Gasteiger partial charge in [-0.1, -0.05) is 37.6 Å². The molecule has 1 aromatic rings. The molecule has 1 atom stereocenters. The second kappa shape index (κ2) is 4.05. The van der Waals surface area contributed by atoms with Gasteiger partial charge in [-0.25, -0.2) is 0 Å². The molecule has 0 aliphatic heterocycles. The maximum Gasteiger partial charge on any atom is 0.0408 e. The van der Waals surface area contributed by atoms with Crippen LogP contribution in [0.4, 0.5) is 0 Å². The average Bonchev–Trinajstić information content (AvgIpc) is 2.40. The maximum absolute atomic E-state index is 6.47. The second-order valence-corrected chi connectivity index (χ2v) is 6.45. The molecule has 1 saturated carbocycles. The van der Waals surface area contributed by atoms with Crippen molar-refractivity contribution in [1.29, 1.82) is 0 Å². The Hall–Kier alpha value is -0.530. The Bertz CT molecular complexity index is 386. The van der Waals surface area contributed by atoms with E-state index < -0.39 is 0 Å². The summed E-state index contributed by atoms with van der Waals surface area (Å²) in [6, 6.07) is 8.06. The fourth-order valence-electron chi connectivity index (χ4n) is 2.92. The third-order valence-corrected chi connectivity index (χ3v) is 3.81. The van der Waals surface area contributed by atoms with Gasteiger partial charge < -0.3 is 5.73 Å². The molecule has 1 aliphatic carbocycles. The number of hydrogen-bond donors (Lipinski definition) is 1. The molecular formula is C14H20ClN. The van der Waals surface area contributed by atoms with Crippen LogP contribution < -0.4 is 5.73 Å².